The lowest BCUT2D eigenvalue weighted by molar-refractivity contribution is 0.658. The summed E-state index contributed by atoms with van der Waals surface area (Å²) in [7, 11) is 0. The maximum atomic E-state index is 6.09. The Morgan fingerprint density at radius 3 is 2.75 bits per heavy atom. The fourth-order valence-electron chi connectivity index (χ4n) is 1.51. The first kappa shape index (κ1) is 12.4. The first-order valence-electron chi connectivity index (χ1n) is 4.89. The highest BCUT2D eigenvalue weighted by Gasteiger charge is 2.13. The molecule has 16 heavy (non-hydrogen) atoms. The molecule has 1 nitrogen and oxygen atoms in total. The normalized spacial score (nSPS) is 12.9. The summed E-state index contributed by atoms with van der Waals surface area (Å²) in [5.74, 6) is 0. The summed E-state index contributed by atoms with van der Waals surface area (Å²) in [6, 6.07) is 6.02. The third-order valence-electron chi connectivity index (χ3n) is 2.36. The number of halogens is 2. The summed E-state index contributed by atoms with van der Waals surface area (Å²) in [5.41, 5.74) is 7.06. The Kier molecular flexibility index (Phi) is 4.27. The molecule has 1 unspecified atom stereocenters. The van der Waals surface area contributed by atoms with Crippen LogP contribution in [0.2, 0.25) is 8.67 Å². The van der Waals surface area contributed by atoms with Gasteiger partial charge in [0.2, 0.25) is 0 Å². The van der Waals surface area contributed by atoms with Crippen molar-refractivity contribution in [1.82, 2.24) is 0 Å². The molecule has 0 amide bonds. The Morgan fingerprint density at radius 2 is 2.19 bits per heavy atom. The van der Waals surface area contributed by atoms with E-state index in [2.05, 4.69) is 17.5 Å². The summed E-state index contributed by atoms with van der Waals surface area (Å²) < 4.78 is 1.41. The van der Waals surface area contributed by atoms with Gasteiger partial charge in [0.15, 0.2) is 0 Å². The number of thiophene rings is 2. The predicted octanol–water partition coefficient (Wildman–Crippen LogP) is 4.75. The number of hydrogen-bond acceptors (Lipinski definition) is 3. The molecule has 0 fully saturated rings. The zero-order valence-corrected chi connectivity index (χ0v) is 11.6. The van der Waals surface area contributed by atoms with Gasteiger partial charge < -0.3 is 5.73 Å². The standard InChI is InChI=1S/C11H11Cl2NS2/c12-10-6-8(11(13)16-10)9(14)4-3-7-2-1-5-15-7/h1-2,5-6,9H,3-4,14H2. The second-order valence-corrected chi connectivity index (χ2v) is 6.82. The van der Waals surface area contributed by atoms with Gasteiger partial charge in [-0.3, -0.25) is 0 Å². The third-order valence-corrected chi connectivity index (χ3v) is 4.82. The van der Waals surface area contributed by atoms with Crippen LogP contribution in [0.3, 0.4) is 0 Å². The van der Waals surface area contributed by atoms with Crippen molar-refractivity contribution in [3.05, 3.63) is 42.7 Å². The van der Waals surface area contributed by atoms with Gasteiger partial charge in [0.05, 0.1) is 8.67 Å². The van der Waals surface area contributed by atoms with Crippen molar-refractivity contribution < 1.29 is 0 Å². The third kappa shape index (κ3) is 2.99. The lowest BCUT2D eigenvalue weighted by Gasteiger charge is -2.09. The lowest BCUT2D eigenvalue weighted by atomic mass is 10.1. The van der Waals surface area contributed by atoms with Crippen molar-refractivity contribution in [2.75, 3.05) is 0 Å². The molecule has 0 aliphatic heterocycles. The summed E-state index contributed by atoms with van der Waals surface area (Å²) in [4.78, 5) is 1.35. The Balaban J connectivity index is 1.98. The van der Waals surface area contributed by atoms with E-state index in [1.807, 2.05) is 6.07 Å². The van der Waals surface area contributed by atoms with Crippen LogP contribution >= 0.6 is 45.9 Å². The number of hydrogen-bond donors (Lipinski definition) is 1. The van der Waals surface area contributed by atoms with Crippen LogP contribution in [-0.2, 0) is 6.42 Å². The Labute approximate surface area is 113 Å². The Hall–Kier alpha value is -0.0600. The summed E-state index contributed by atoms with van der Waals surface area (Å²) >= 11 is 15.1. The van der Waals surface area contributed by atoms with Crippen LogP contribution in [-0.4, -0.2) is 0 Å². The average Bonchev–Trinajstić information content (AvgIpc) is 2.84. The average molecular weight is 292 g/mol. The van der Waals surface area contributed by atoms with E-state index in [0.29, 0.717) is 8.67 Å². The van der Waals surface area contributed by atoms with E-state index in [4.69, 9.17) is 28.9 Å². The van der Waals surface area contributed by atoms with E-state index in [0.717, 1.165) is 18.4 Å². The smallest absolute Gasteiger partial charge is 0.0991 e. The van der Waals surface area contributed by atoms with E-state index in [1.165, 1.54) is 16.2 Å². The lowest BCUT2D eigenvalue weighted by Crippen LogP contribution is -2.10. The van der Waals surface area contributed by atoms with E-state index >= 15 is 0 Å². The highest BCUT2D eigenvalue weighted by molar-refractivity contribution is 7.20. The minimum Gasteiger partial charge on any atom is -0.324 e. The zero-order chi connectivity index (χ0) is 11.5. The van der Waals surface area contributed by atoms with Crippen LogP contribution in [0.1, 0.15) is 22.9 Å². The minimum absolute atomic E-state index is 0.0293. The minimum atomic E-state index is -0.0293. The van der Waals surface area contributed by atoms with Crippen LogP contribution in [0.5, 0.6) is 0 Å². The SMILES string of the molecule is NC(CCc1cccs1)c1cc(Cl)sc1Cl. The molecule has 2 aromatic heterocycles. The maximum Gasteiger partial charge on any atom is 0.0991 e. The van der Waals surface area contributed by atoms with Gasteiger partial charge in [-0.1, -0.05) is 29.3 Å². The molecule has 0 aliphatic carbocycles. The Bertz CT molecular complexity index is 451. The molecule has 0 aliphatic rings. The van der Waals surface area contributed by atoms with E-state index < -0.39 is 0 Å². The van der Waals surface area contributed by atoms with E-state index in [9.17, 15) is 0 Å². The molecule has 0 bridgehead atoms. The summed E-state index contributed by atoms with van der Waals surface area (Å²) in [6.45, 7) is 0. The van der Waals surface area contributed by atoms with Gasteiger partial charge in [-0.2, -0.15) is 0 Å². The van der Waals surface area contributed by atoms with Crippen LogP contribution in [0.15, 0.2) is 23.6 Å². The second-order valence-electron chi connectivity index (χ2n) is 3.50. The predicted molar refractivity (Wildman–Crippen MR) is 73.9 cm³/mol. The number of aryl methyl sites for hydroxylation is 1. The molecule has 0 radical (unpaired) electrons. The first-order chi connectivity index (χ1) is 7.66. The molecular weight excluding hydrogens is 281 g/mol. The van der Waals surface area contributed by atoms with Crippen LogP contribution < -0.4 is 5.73 Å². The molecule has 86 valence electrons. The van der Waals surface area contributed by atoms with Crippen molar-refractivity contribution in [3.8, 4) is 0 Å². The molecule has 2 N–H and O–H groups in total. The molecule has 2 heterocycles. The molecule has 2 aromatic rings. The topological polar surface area (TPSA) is 26.0 Å². The fourth-order valence-corrected chi connectivity index (χ4v) is 3.84. The number of rotatable bonds is 4. The van der Waals surface area contributed by atoms with E-state index in [-0.39, 0.29) is 6.04 Å². The van der Waals surface area contributed by atoms with Gasteiger partial charge >= 0.3 is 0 Å². The van der Waals surface area contributed by atoms with Crippen molar-refractivity contribution in [1.29, 1.82) is 0 Å². The van der Waals surface area contributed by atoms with Crippen molar-refractivity contribution in [2.24, 2.45) is 5.73 Å². The molecule has 5 heteroatoms. The van der Waals surface area contributed by atoms with Crippen LogP contribution in [0.25, 0.3) is 0 Å². The monoisotopic (exact) mass is 291 g/mol. The van der Waals surface area contributed by atoms with E-state index in [1.54, 1.807) is 11.3 Å². The van der Waals surface area contributed by atoms with Gasteiger partial charge in [-0.15, -0.1) is 22.7 Å². The Morgan fingerprint density at radius 1 is 1.38 bits per heavy atom. The zero-order valence-electron chi connectivity index (χ0n) is 8.45. The molecule has 0 aromatic carbocycles. The molecule has 0 saturated carbocycles. The second kappa shape index (κ2) is 5.52. The number of nitrogens with two attached hydrogens (primary N) is 1. The first-order valence-corrected chi connectivity index (χ1v) is 7.34. The highest BCUT2D eigenvalue weighted by Crippen LogP contribution is 2.35. The quantitative estimate of drug-likeness (QED) is 0.864. The van der Waals surface area contributed by atoms with Crippen molar-refractivity contribution in [3.63, 3.8) is 0 Å². The van der Waals surface area contributed by atoms with Gasteiger partial charge in [-0.05, 0) is 35.9 Å². The summed E-state index contributed by atoms with van der Waals surface area (Å²) in [5, 5.41) is 2.08. The molecular formula is C11H11Cl2NS2. The largest absolute Gasteiger partial charge is 0.324 e. The van der Waals surface area contributed by atoms with Crippen LogP contribution in [0, 0.1) is 0 Å². The van der Waals surface area contributed by atoms with Gasteiger partial charge in [-0.25, -0.2) is 0 Å². The maximum absolute atomic E-state index is 6.09. The van der Waals surface area contributed by atoms with Crippen LogP contribution in [0.4, 0.5) is 0 Å². The van der Waals surface area contributed by atoms with Gasteiger partial charge in [0.1, 0.15) is 0 Å². The molecule has 0 saturated heterocycles. The fraction of sp³-hybridized carbons (Fsp3) is 0.273. The van der Waals surface area contributed by atoms with Gasteiger partial charge in [0.25, 0.3) is 0 Å². The van der Waals surface area contributed by atoms with Crippen molar-refractivity contribution in [2.45, 2.75) is 18.9 Å². The molecule has 1 atom stereocenters. The van der Waals surface area contributed by atoms with Crippen molar-refractivity contribution >= 4 is 45.9 Å². The molecule has 2 rings (SSSR count). The molecule has 0 spiro atoms. The summed E-state index contributed by atoms with van der Waals surface area (Å²) in [6.07, 6.45) is 1.88. The highest BCUT2D eigenvalue weighted by atomic mass is 35.5. The van der Waals surface area contributed by atoms with Gasteiger partial charge in [0, 0.05) is 10.9 Å².